The zero-order valence-corrected chi connectivity index (χ0v) is 10.9. The van der Waals surface area contributed by atoms with Crippen LogP contribution in [0.25, 0.3) is 0 Å². The van der Waals surface area contributed by atoms with Crippen LogP contribution in [-0.4, -0.2) is 23.9 Å². The highest BCUT2D eigenvalue weighted by Gasteiger charge is 2.26. The highest BCUT2D eigenvalue weighted by molar-refractivity contribution is 5.97. The highest BCUT2D eigenvalue weighted by atomic mass is 19.1. The van der Waals surface area contributed by atoms with E-state index in [1.165, 1.54) is 6.92 Å². The van der Waals surface area contributed by atoms with Gasteiger partial charge in [-0.05, 0) is 31.9 Å². The lowest BCUT2D eigenvalue weighted by Gasteiger charge is -2.14. The number of hydrogen-bond donors (Lipinski definition) is 3. The number of carbonyl (C=O) groups is 2. The molecule has 2 rings (SSSR count). The first-order valence-electron chi connectivity index (χ1n) is 6.24. The van der Waals surface area contributed by atoms with Crippen LogP contribution in [0.15, 0.2) is 12.1 Å². The SMILES string of the molecule is CC(NC(=O)c1cc(F)c(N)c(F)c1)C(=O)NC1CC1. The summed E-state index contributed by atoms with van der Waals surface area (Å²) in [7, 11) is 0. The van der Waals surface area contributed by atoms with E-state index >= 15 is 0 Å². The minimum Gasteiger partial charge on any atom is -0.394 e. The van der Waals surface area contributed by atoms with Gasteiger partial charge in [-0.3, -0.25) is 9.59 Å². The molecule has 20 heavy (non-hydrogen) atoms. The zero-order valence-electron chi connectivity index (χ0n) is 10.9. The van der Waals surface area contributed by atoms with Gasteiger partial charge in [-0.2, -0.15) is 0 Å². The second kappa shape index (κ2) is 5.44. The van der Waals surface area contributed by atoms with Gasteiger partial charge in [0.25, 0.3) is 5.91 Å². The molecule has 0 bridgehead atoms. The summed E-state index contributed by atoms with van der Waals surface area (Å²) in [6.07, 6.45) is 1.86. The van der Waals surface area contributed by atoms with E-state index in [1.807, 2.05) is 0 Å². The predicted octanol–water partition coefficient (Wildman–Crippen LogP) is 0.944. The maximum absolute atomic E-state index is 13.3. The fraction of sp³-hybridized carbons (Fsp3) is 0.385. The molecule has 0 heterocycles. The van der Waals surface area contributed by atoms with Crippen molar-refractivity contribution in [2.45, 2.75) is 31.8 Å². The molecule has 1 aliphatic rings. The second-order valence-electron chi connectivity index (χ2n) is 4.83. The van der Waals surface area contributed by atoms with E-state index in [1.54, 1.807) is 0 Å². The molecule has 4 N–H and O–H groups in total. The van der Waals surface area contributed by atoms with Crippen LogP contribution in [0.4, 0.5) is 14.5 Å². The molecule has 1 fully saturated rings. The van der Waals surface area contributed by atoms with Gasteiger partial charge in [0.05, 0.1) is 0 Å². The Labute approximate surface area is 114 Å². The number of rotatable bonds is 4. The zero-order chi connectivity index (χ0) is 14.9. The van der Waals surface area contributed by atoms with E-state index in [0.717, 1.165) is 25.0 Å². The van der Waals surface area contributed by atoms with Crippen LogP contribution in [-0.2, 0) is 4.79 Å². The number of anilines is 1. The Balaban J connectivity index is 2.01. The normalized spacial score (nSPS) is 15.6. The Morgan fingerprint density at radius 3 is 2.35 bits per heavy atom. The standard InChI is InChI=1S/C13H15F2N3O2/c1-6(12(19)18-8-2-3-8)17-13(20)7-4-9(14)11(16)10(15)5-7/h4-6,8H,2-3,16H2,1H3,(H,17,20)(H,18,19). The minimum atomic E-state index is -1.01. The largest absolute Gasteiger partial charge is 0.394 e. The molecule has 1 atom stereocenters. The summed E-state index contributed by atoms with van der Waals surface area (Å²) >= 11 is 0. The van der Waals surface area contributed by atoms with Gasteiger partial charge in [0.1, 0.15) is 23.4 Å². The van der Waals surface area contributed by atoms with Crippen molar-refractivity contribution in [1.29, 1.82) is 0 Å². The lowest BCUT2D eigenvalue weighted by atomic mass is 10.1. The van der Waals surface area contributed by atoms with Crippen LogP contribution in [0.5, 0.6) is 0 Å². The Bertz CT molecular complexity index is 536. The summed E-state index contributed by atoms with van der Waals surface area (Å²) in [6, 6.07) is 1.05. The molecule has 108 valence electrons. The average Bonchev–Trinajstić information content (AvgIpc) is 3.18. The maximum Gasteiger partial charge on any atom is 0.252 e. The molecule has 5 nitrogen and oxygen atoms in total. The first-order valence-corrected chi connectivity index (χ1v) is 6.24. The molecule has 0 saturated heterocycles. The molecule has 1 saturated carbocycles. The summed E-state index contributed by atoms with van der Waals surface area (Å²) in [6.45, 7) is 1.50. The lowest BCUT2D eigenvalue weighted by Crippen LogP contribution is -2.45. The van der Waals surface area contributed by atoms with Gasteiger partial charge in [-0.15, -0.1) is 0 Å². The lowest BCUT2D eigenvalue weighted by molar-refractivity contribution is -0.122. The number of halogens is 2. The number of nitrogens with two attached hydrogens (primary N) is 1. The van der Waals surface area contributed by atoms with E-state index < -0.39 is 29.3 Å². The summed E-state index contributed by atoms with van der Waals surface area (Å²) in [5.41, 5.74) is 4.26. The molecule has 1 aromatic carbocycles. The van der Waals surface area contributed by atoms with Crippen LogP contribution >= 0.6 is 0 Å². The molecule has 2 amide bonds. The van der Waals surface area contributed by atoms with Crippen molar-refractivity contribution in [3.05, 3.63) is 29.3 Å². The molecule has 0 aromatic heterocycles. The molecule has 1 unspecified atom stereocenters. The number of hydrogen-bond acceptors (Lipinski definition) is 3. The first kappa shape index (κ1) is 14.2. The van der Waals surface area contributed by atoms with Crippen LogP contribution in [0, 0.1) is 11.6 Å². The second-order valence-corrected chi connectivity index (χ2v) is 4.83. The molecular weight excluding hydrogens is 268 g/mol. The van der Waals surface area contributed by atoms with Crippen LogP contribution < -0.4 is 16.4 Å². The minimum absolute atomic E-state index is 0.174. The Hall–Kier alpha value is -2.18. The molecule has 0 radical (unpaired) electrons. The predicted molar refractivity (Wildman–Crippen MR) is 68.9 cm³/mol. The number of nitrogens with one attached hydrogen (secondary N) is 2. The summed E-state index contributed by atoms with van der Waals surface area (Å²) in [5, 5.41) is 5.10. The quantitative estimate of drug-likeness (QED) is 0.719. The third kappa shape index (κ3) is 3.23. The Kier molecular flexibility index (Phi) is 3.87. The fourth-order valence-electron chi connectivity index (χ4n) is 1.61. The molecular formula is C13H15F2N3O2. The van der Waals surface area contributed by atoms with Crippen molar-refractivity contribution in [2.75, 3.05) is 5.73 Å². The van der Waals surface area contributed by atoms with Crippen molar-refractivity contribution in [2.24, 2.45) is 0 Å². The van der Waals surface area contributed by atoms with E-state index in [4.69, 9.17) is 5.73 Å². The van der Waals surface area contributed by atoms with E-state index in [2.05, 4.69) is 10.6 Å². The van der Waals surface area contributed by atoms with Crippen molar-refractivity contribution in [3.63, 3.8) is 0 Å². The van der Waals surface area contributed by atoms with Gasteiger partial charge in [-0.1, -0.05) is 0 Å². The van der Waals surface area contributed by atoms with Crippen molar-refractivity contribution < 1.29 is 18.4 Å². The molecule has 0 spiro atoms. The number of amides is 2. The summed E-state index contributed by atoms with van der Waals surface area (Å²) < 4.78 is 26.5. The number of nitrogen functional groups attached to an aromatic ring is 1. The van der Waals surface area contributed by atoms with Crippen LogP contribution in [0.3, 0.4) is 0 Å². The Morgan fingerprint density at radius 2 is 1.85 bits per heavy atom. The molecule has 7 heteroatoms. The molecule has 0 aliphatic heterocycles. The van der Waals surface area contributed by atoms with Gasteiger partial charge in [0.2, 0.25) is 5.91 Å². The van der Waals surface area contributed by atoms with Gasteiger partial charge in [-0.25, -0.2) is 8.78 Å². The Morgan fingerprint density at radius 1 is 1.30 bits per heavy atom. The van der Waals surface area contributed by atoms with Crippen LogP contribution in [0.2, 0.25) is 0 Å². The van der Waals surface area contributed by atoms with Crippen molar-refractivity contribution >= 4 is 17.5 Å². The van der Waals surface area contributed by atoms with E-state index in [0.29, 0.717) is 0 Å². The van der Waals surface area contributed by atoms with E-state index in [-0.39, 0.29) is 17.5 Å². The number of carbonyl (C=O) groups excluding carboxylic acids is 2. The maximum atomic E-state index is 13.3. The molecule has 1 aromatic rings. The van der Waals surface area contributed by atoms with Crippen LogP contribution in [0.1, 0.15) is 30.1 Å². The average molecular weight is 283 g/mol. The first-order chi connectivity index (χ1) is 9.38. The van der Waals surface area contributed by atoms with Crippen molar-refractivity contribution in [1.82, 2.24) is 10.6 Å². The van der Waals surface area contributed by atoms with Crippen molar-refractivity contribution in [3.8, 4) is 0 Å². The monoisotopic (exact) mass is 283 g/mol. The summed E-state index contributed by atoms with van der Waals surface area (Å²) in [4.78, 5) is 23.5. The van der Waals surface area contributed by atoms with Gasteiger partial charge >= 0.3 is 0 Å². The topological polar surface area (TPSA) is 84.2 Å². The summed E-state index contributed by atoms with van der Waals surface area (Å²) in [5.74, 6) is -3.08. The van der Waals surface area contributed by atoms with Gasteiger partial charge < -0.3 is 16.4 Å². The fourth-order valence-corrected chi connectivity index (χ4v) is 1.61. The molecule has 1 aliphatic carbocycles. The smallest absolute Gasteiger partial charge is 0.252 e. The third-order valence-corrected chi connectivity index (χ3v) is 3.01. The van der Waals surface area contributed by atoms with E-state index in [9.17, 15) is 18.4 Å². The highest BCUT2D eigenvalue weighted by Crippen LogP contribution is 2.19. The van der Waals surface area contributed by atoms with Gasteiger partial charge in [0, 0.05) is 11.6 Å². The third-order valence-electron chi connectivity index (χ3n) is 3.01. The number of benzene rings is 1. The van der Waals surface area contributed by atoms with Gasteiger partial charge in [0.15, 0.2) is 0 Å².